The van der Waals surface area contributed by atoms with Crippen LogP contribution in [0.15, 0.2) is 84.5 Å². The van der Waals surface area contributed by atoms with E-state index >= 15 is 4.39 Å². The molecule has 0 saturated heterocycles. The van der Waals surface area contributed by atoms with Crippen LogP contribution in [0.2, 0.25) is 23.2 Å². The molecule has 0 N–H and O–H groups in total. The second-order valence-corrected chi connectivity index (χ2v) is 21.7. The van der Waals surface area contributed by atoms with Crippen molar-refractivity contribution in [1.29, 1.82) is 0 Å². The van der Waals surface area contributed by atoms with E-state index in [1.807, 2.05) is 12.1 Å². The average molecular weight is 525 g/mol. The molecule has 0 aliphatic heterocycles. The minimum atomic E-state index is -2.65. The highest BCUT2D eigenvalue weighted by molar-refractivity contribution is 6.99. The van der Waals surface area contributed by atoms with Crippen molar-refractivity contribution < 1.29 is 13.2 Å². The van der Waals surface area contributed by atoms with Gasteiger partial charge >= 0.3 is 0 Å². The van der Waals surface area contributed by atoms with Gasteiger partial charge in [-0.1, -0.05) is 115 Å². The van der Waals surface area contributed by atoms with Crippen LogP contribution in [0.25, 0.3) is 0 Å². The minimum absolute atomic E-state index is 0.0868. The number of halogens is 1. The molecule has 3 rings (SSSR count). The molecule has 0 aromatic heterocycles. The molecule has 5 heteroatoms. The van der Waals surface area contributed by atoms with Crippen LogP contribution in [0.3, 0.4) is 0 Å². The molecule has 0 spiro atoms. The lowest BCUT2D eigenvalue weighted by Crippen LogP contribution is -2.66. The van der Waals surface area contributed by atoms with Gasteiger partial charge in [0, 0.05) is 6.42 Å². The van der Waals surface area contributed by atoms with Crippen LogP contribution >= 0.6 is 0 Å². The number of alkyl halides is 1. The molecule has 2 atom stereocenters. The van der Waals surface area contributed by atoms with E-state index in [2.05, 4.69) is 116 Å². The predicted molar refractivity (Wildman–Crippen MR) is 157 cm³/mol. The van der Waals surface area contributed by atoms with Gasteiger partial charge in [0.2, 0.25) is 0 Å². The summed E-state index contributed by atoms with van der Waals surface area (Å²) in [6.07, 6.45) is 1.95. The lowest BCUT2D eigenvalue weighted by Gasteiger charge is -2.43. The lowest BCUT2D eigenvalue weighted by molar-refractivity contribution is 0.131. The normalized spacial score (nSPS) is 21.1. The summed E-state index contributed by atoms with van der Waals surface area (Å²) in [6.45, 7) is 22.5. The first-order chi connectivity index (χ1) is 16.7. The Morgan fingerprint density at radius 1 is 0.889 bits per heavy atom. The Morgan fingerprint density at radius 2 is 1.39 bits per heavy atom. The van der Waals surface area contributed by atoms with E-state index in [0.717, 1.165) is 5.57 Å². The molecule has 36 heavy (non-hydrogen) atoms. The highest BCUT2D eigenvalue weighted by Crippen LogP contribution is 2.41. The summed E-state index contributed by atoms with van der Waals surface area (Å²) in [7, 11) is -4.64. The zero-order chi connectivity index (χ0) is 26.8. The van der Waals surface area contributed by atoms with Crippen LogP contribution in [0.5, 0.6) is 0 Å². The molecule has 1 aliphatic rings. The number of benzene rings is 2. The molecule has 0 radical (unpaired) electrons. The lowest BCUT2D eigenvalue weighted by atomic mass is 9.87. The number of rotatable bonds is 7. The van der Waals surface area contributed by atoms with Crippen LogP contribution < -0.4 is 10.4 Å². The molecule has 0 bridgehead atoms. The molecular formula is C31H45FO2Si2. The molecule has 2 aromatic carbocycles. The number of hydrogen-bond acceptors (Lipinski definition) is 2. The SMILES string of the molecule is C=C1/C(=C/CO[Si](c2ccccc2)(c2ccccc2)C(C)(C)C)C[C@@H](O[Si](C)(C)C(C)(C)C)C[C@H]1F. The van der Waals surface area contributed by atoms with E-state index in [-0.39, 0.29) is 16.2 Å². The highest BCUT2D eigenvalue weighted by atomic mass is 28.4. The molecule has 1 saturated carbocycles. The van der Waals surface area contributed by atoms with Gasteiger partial charge in [-0.2, -0.15) is 0 Å². The van der Waals surface area contributed by atoms with Gasteiger partial charge in [0.15, 0.2) is 8.32 Å². The highest BCUT2D eigenvalue weighted by Gasteiger charge is 2.50. The molecule has 2 nitrogen and oxygen atoms in total. The Morgan fingerprint density at radius 3 is 1.83 bits per heavy atom. The van der Waals surface area contributed by atoms with E-state index in [0.29, 0.717) is 25.0 Å². The van der Waals surface area contributed by atoms with Crippen LogP contribution in [-0.4, -0.2) is 35.5 Å². The molecule has 196 valence electrons. The fraction of sp³-hybridized carbons (Fsp3) is 0.484. The fourth-order valence-corrected chi connectivity index (χ4v) is 10.8. The van der Waals surface area contributed by atoms with Crippen molar-refractivity contribution in [3.8, 4) is 0 Å². The van der Waals surface area contributed by atoms with Crippen molar-refractivity contribution in [1.82, 2.24) is 0 Å². The smallest absolute Gasteiger partial charge is 0.261 e. The zero-order valence-electron chi connectivity index (χ0n) is 23.5. The largest absolute Gasteiger partial charge is 0.413 e. The van der Waals surface area contributed by atoms with Gasteiger partial charge < -0.3 is 8.85 Å². The molecule has 1 aliphatic carbocycles. The molecule has 1 fully saturated rings. The zero-order valence-corrected chi connectivity index (χ0v) is 25.5. The third-order valence-electron chi connectivity index (χ3n) is 8.02. The van der Waals surface area contributed by atoms with Crippen molar-refractivity contribution in [3.63, 3.8) is 0 Å². The Kier molecular flexibility index (Phi) is 8.71. The molecular weight excluding hydrogens is 480 g/mol. The topological polar surface area (TPSA) is 18.5 Å². The summed E-state index contributed by atoms with van der Waals surface area (Å²) in [5.74, 6) is 0. The van der Waals surface area contributed by atoms with Crippen LogP contribution in [0, 0.1) is 0 Å². The van der Waals surface area contributed by atoms with Crippen molar-refractivity contribution in [2.24, 2.45) is 0 Å². The second-order valence-electron chi connectivity index (χ2n) is 12.6. The van der Waals surface area contributed by atoms with Gasteiger partial charge in [0.1, 0.15) is 6.17 Å². The van der Waals surface area contributed by atoms with Gasteiger partial charge in [-0.25, -0.2) is 4.39 Å². The summed E-state index contributed by atoms with van der Waals surface area (Å²) >= 11 is 0. The predicted octanol–water partition coefficient (Wildman–Crippen LogP) is 7.57. The molecule has 0 heterocycles. The van der Waals surface area contributed by atoms with Gasteiger partial charge in [-0.15, -0.1) is 0 Å². The minimum Gasteiger partial charge on any atom is -0.413 e. The van der Waals surface area contributed by atoms with Crippen LogP contribution in [0.4, 0.5) is 4.39 Å². The summed E-state index contributed by atoms with van der Waals surface area (Å²) in [5, 5.41) is 2.47. The van der Waals surface area contributed by atoms with Crippen LogP contribution in [0.1, 0.15) is 54.4 Å². The van der Waals surface area contributed by atoms with Gasteiger partial charge in [-0.05, 0) is 51.1 Å². The first-order valence-electron chi connectivity index (χ1n) is 13.1. The van der Waals surface area contributed by atoms with E-state index in [9.17, 15) is 0 Å². The fourth-order valence-electron chi connectivity index (χ4n) is 4.96. The Bertz CT molecular complexity index is 1010. The van der Waals surface area contributed by atoms with Crippen molar-refractivity contribution in [3.05, 3.63) is 84.5 Å². The first-order valence-corrected chi connectivity index (χ1v) is 18.0. The molecule has 2 aromatic rings. The number of allylic oxidation sites excluding steroid dienone is 1. The molecule has 0 unspecified atom stereocenters. The third-order valence-corrected chi connectivity index (χ3v) is 17.6. The summed E-state index contributed by atoms with van der Waals surface area (Å²) in [4.78, 5) is 0. The van der Waals surface area contributed by atoms with E-state index in [4.69, 9.17) is 8.85 Å². The van der Waals surface area contributed by atoms with Gasteiger partial charge in [-0.3, -0.25) is 0 Å². The van der Waals surface area contributed by atoms with Gasteiger partial charge in [0.25, 0.3) is 8.32 Å². The van der Waals surface area contributed by atoms with E-state index in [1.54, 1.807) is 0 Å². The Hall–Kier alpha value is -1.80. The maximum Gasteiger partial charge on any atom is 0.261 e. The quantitative estimate of drug-likeness (QED) is 0.348. The van der Waals surface area contributed by atoms with E-state index in [1.165, 1.54) is 10.4 Å². The Labute approximate surface area is 220 Å². The first kappa shape index (κ1) is 28.8. The van der Waals surface area contributed by atoms with Crippen molar-refractivity contribution in [2.45, 2.75) is 89.8 Å². The third kappa shape index (κ3) is 6.01. The van der Waals surface area contributed by atoms with Crippen LogP contribution in [-0.2, 0) is 8.85 Å². The monoisotopic (exact) mass is 524 g/mol. The summed E-state index contributed by atoms with van der Waals surface area (Å²) in [6, 6.07) is 21.2. The summed E-state index contributed by atoms with van der Waals surface area (Å²) in [5.41, 5.74) is 1.52. The van der Waals surface area contributed by atoms with E-state index < -0.39 is 22.8 Å². The second kappa shape index (κ2) is 10.9. The average Bonchev–Trinajstić information content (AvgIpc) is 2.79. The van der Waals surface area contributed by atoms with Crippen molar-refractivity contribution >= 4 is 27.0 Å². The maximum atomic E-state index is 15.1. The van der Waals surface area contributed by atoms with Gasteiger partial charge in [0.05, 0.1) is 12.7 Å². The summed E-state index contributed by atoms with van der Waals surface area (Å²) < 4.78 is 28.7. The Balaban J connectivity index is 1.92. The standard InChI is InChI=1S/C31H45FO2Si2/c1-24-25(22-26(23-29(24)32)34-35(8,9)30(2,3)4)20-21-33-36(31(5,6)7,27-16-12-10-13-17-27)28-18-14-11-15-19-28/h10-20,26,29H,1,21-23H2,2-9H3/b25-20+/t26-,29-/m1/s1. The molecule has 0 amide bonds. The number of hydrogen-bond donors (Lipinski definition) is 0. The van der Waals surface area contributed by atoms with Crippen molar-refractivity contribution in [2.75, 3.05) is 6.61 Å². The maximum absolute atomic E-state index is 15.1.